The van der Waals surface area contributed by atoms with Gasteiger partial charge in [0.05, 0.1) is 10.0 Å². The molecule has 15 heavy (non-hydrogen) atoms. The average molecular weight is 480 g/mol. The molecule has 1 rings (SSSR count). The highest BCUT2D eigenvalue weighted by Gasteiger charge is 2.35. The fraction of sp³-hybridized carbons (Fsp3) is 0.143. The second kappa shape index (κ2) is 4.62. The highest BCUT2D eigenvalue weighted by molar-refractivity contribution is 9.38. The van der Waals surface area contributed by atoms with Crippen LogP contribution in [-0.4, -0.2) is 0 Å². The summed E-state index contributed by atoms with van der Waals surface area (Å²) in [6, 6.07) is 0. The first kappa shape index (κ1) is 13.9. The van der Waals surface area contributed by atoms with Crippen LogP contribution in [0.4, 0.5) is 17.6 Å². The summed E-state index contributed by atoms with van der Waals surface area (Å²) in [7, 11) is 0. The first-order valence-corrected chi connectivity index (χ1v) is 6.43. The molecule has 8 heteroatoms. The van der Waals surface area contributed by atoms with Crippen molar-refractivity contribution in [2.45, 2.75) is 2.14 Å². The van der Waals surface area contributed by atoms with Crippen LogP contribution in [0, 0.1) is 23.3 Å². The summed E-state index contributed by atoms with van der Waals surface area (Å²) < 4.78 is 50.3. The minimum absolute atomic E-state index is 0.833. The second-order valence-corrected chi connectivity index (χ2v) is 10.00. The zero-order valence-electron chi connectivity index (χ0n) is 6.52. The molecule has 0 radical (unpaired) electrons. The van der Waals surface area contributed by atoms with Gasteiger partial charge in [0.2, 0.25) is 0 Å². The minimum atomic E-state index is -1.57. The minimum Gasteiger partial charge on any atom is -0.203 e. The third-order valence-corrected chi connectivity index (χ3v) is 3.38. The van der Waals surface area contributed by atoms with Gasteiger partial charge >= 0.3 is 0 Å². The van der Waals surface area contributed by atoms with Crippen molar-refractivity contribution in [3.63, 3.8) is 0 Å². The van der Waals surface area contributed by atoms with Crippen molar-refractivity contribution in [3.05, 3.63) is 33.3 Å². The molecule has 0 bridgehead atoms. The van der Waals surface area contributed by atoms with Crippen molar-refractivity contribution < 1.29 is 17.6 Å². The molecule has 0 saturated heterocycles. The first-order valence-electron chi connectivity index (χ1n) is 3.26. The number of alkyl halides is 3. The summed E-state index contributed by atoms with van der Waals surface area (Å²) in [5, 5.41) is 0. The lowest BCUT2D eigenvalue weighted by atomic mass is 10.2. The fourth-order valence-electron chi connectivity index (χ4n) is 0.854. The summed E-state index contributed by atoms with van der Waals surface area (Å²) in [4.78, 5) is 0. The van der Waals surface area contributed by atoms with E-state index in [1.165, 1.54) is 0 Å². The standard InChI is InChI=1S/C7Br4F4/c8-2-5(14)3(12)1(7(9,10)11)4(13)6(2)15. The summed E-state index contributed by atoms with van der Waals surface area (Å²) in [6.45, 7) is 0. The first-order chi connectivity index (χ1) is 6.68. The Morgan fingerprint density at radius 1 is 0.733 bits per heavy atom. The van der Waals surface area contributed by atoms with Crippen LogP contribution in [0.1, 0.15) is 5.56 Å². The van der Waals surface area contributed by atoms with Crippen molar-refractivity contribution in [2.24, 2.45) is 0 Å². The van der Waals surface area contributed by atoms with E-state index in [9.17, 15) is 17.6 Å². The Bertz CT molecular complexity index is 383. The maximum Gasteiger partial charge on any atom is 0.176 e. The van der Waals surface area contributed by atoms with E-state index in [0.717, 1.165) is 0 Å². The number of rotatable bonds is 0. The van der Waals surface area contributed by atoms with Gasteiger partial charge in [0.15, 0.2) is 25.4 Å². The highest BCUT2D eigenvalue weighted by atomic mass is 80.0. The maximum absolute atomic E-state index is 13.3. The third-order valence-electron chi connectivity index (χ3n) is 1.49. The van der Waals surface area contributed by atoms with Crippen molar-refractivity contribution in [3.8, 4) is 0 Å². The van der Waals surface area contributed by atoms with E-state index in [0.29, 0.717) is 0 Å². The summed E-state index contributed by atoms with van der Waals surface area (Å²) in [5.74, 6) is -5.98. The van der Waals surface area contributed by atoms with Gasteiger partial charge in [0.25, 0.3) is 0 Å². The molecule has 84 valence electrons. The predicted octanol–water partition coefficient (Wildman–Crippen LogP) is 5.30. The topological polar surface area (TPSA) is 0 Å². The van der Waals surface area contributed by atoms with Crippen LogP contribution in [0.25, 0.3) is 0 Å². The average Bonchev–Trinajstić information content (AvgIpc) is 2.09. The molecule has 0 fully saturated rings. The van der Waals surface area contributed by atoms with Crippen molar-refractivity contribution in [1.82, 2.24) is 0 Å². The van der Waals surface area contributed by atoms with E-state index in [1.54, 1.807) is 0 Å². The van der Waals surface area contributed by atoms with Crippen LogP contribution >= 0.6 is 63.7 Å². The Balaban J connectivity index is 3.68. The molecule has 0 aliphatic carbocycles. The van der Waals surface area contributed by atoms with Gasteiger partial charge in [0, 0.05) is 0 Å². The van der Waals surface area contributed by atoms with Crippen molar-refractivity contribution >= 4 is 63.7 Å². The van der Waals surface area contributed by atoms with Crippen LogP contribution in [-0.2, 0) is 2.14 Å². The van der Waals surface area contributed by atoms with Crippen LogP contribution in [0.15, 0.2) is 4.47 Å². The lowest BCUT2D eigenvalue weighted by Crippen LogP contribution is -2.11. The SMILES string of the molecule is Fc1c(F)c(C(Br)(Br)Br)c(F)c(F)c1Br. The normalized spacial score (nSPS) is 12.0. The molecule has 0 amide bonds. The molecular weight excluding hydrogens is 480 g/mol. The van der Waals surface area contributed by atoms with Crippen LogP contribution in [0.5, 0.6) is 0 Å². The molecule has 0 nitrogen and oxygen atoms in total. The Kier molecular flexibility index (Phi) is 4.29. The zero-order valence-corrected chi connectivity index (χ0v) is 12.9. The van der Waals surface area contributed by atoms with E-state index in [1.807, 2.05) is 0 Å². The van der Waals surface area contributed by atoms with Gasteiger partial charge in [-0.2, -0.15) is 0 Å². The Labute approximate surface area is 116 Å². The van der Waals surface area contributed by atoms with Crippen molar-refractivity contribution in [2.75, 3.05) is 0 Å². The Hall–Kier alpha value is 0.860. The molecule has 0 aliphatic heterocycles. The molecule has 0 aromatic heterocycles. The van der Waals surface area contributed by atoms with Gasteiger partial charge in [0.1, 0.15) is 0 Å². The van der Waals surface area contributed by atoms with Gasteiger partial charge in [-0.15, -0.1) is 0 Å². The highest BCUT2D eigenvalue weighted by Crippen LogP contribution is 2.48. The van der Waals surface area contributed by atoms with Gasteiger partial charge in [-0.1, -0.05) is 47.8 Å². The number of benzene rings is 1. The van der Waals surface area contributed by atoms with Gasteiger partial charge in [-0.25, -0.2) is 17.6 Å². The third kappa shape index (κ3) is 2.58. The van der Waals surface area contributed by atoms with Crippen LogP contribution < -0.4 is 0 Å². The molecule has 1 aromatic carbocycles. The van der Waals surface area contributed by atoms with E-state index >= 15 is 0 Å². The molecule has 0 aliphatic rings. The van der Waals surface area contributed by atoms with Gasteiger partial charge in [-0.3, -0.25) is 0 Å². The Morgan fingerprint density at radius 3 is 1.33 bits per heavy atom. The monoisotopic (exact) mass is 476 g/mol. The molecule has 0 saturated carbocycles. The van der Waals surface area contributed by atoms with E-state index < -0.39 is 35.4 Å². The number of hydrogen-bond acceptors (Lipinski definition) is 0. The predicted molar refractivity (Wildman–Crippen MR) is 62.4 cm³/mol. The quantitative estimate of drug-likeness (QED) is 0.205. The van der Waals surface area contributed by atoms with Crippen LogP contribution in [0.3, 0.4) is 0 Å². The van der Waals surface area contributed by atoms with Gasteiger partial charge < -0.3 is 0 Å². The summed E-state index contributed by atoms with van der Waals surface area (Å²) in [6.07, 6.45) is 0. The lowest BCUT2D eigenvalue weighted by molar-refractivity contribution is 0.436. The largest absolute Gasteiger partial charge is 0.203 e. The fourth-order valence-corrected chi connectivity index (χ4v) is 2.25. The maximum atomic E-state index is 13.3. The molecule has 0 unspecified atom stereocenters. The molecule has 1 aromatic rings. The Morgan fingerprint density at radius 2 is 1.07 bits per heavy atom. The molecule has 0 heterocycles. The van der Waals surface area contributed by atoms with E-state index in [2.05, 4.69) is 63.7 Å². The smallest absolute Gasteiger partial charge is 0.176 e. The van der Waals surface area contributed by atoms with E-state index in [4.69, 9.17) is 0 Å². The lowest BCUT2D eigenvalue weighted by Gasteiger charge is -2.16. The second-order valence-electron chi connectivity index (χ2n) is 2.44. The zero-order chi connectivity index (χ0) is 12.0. The molecule has 0 atom stereocenters. The summed E-state index contributed by atoms with van der Waals surface area (Å²) in [5.41, 5.74) is -0.833. The summed E-state index contributed by atoms with van der Waals surface area (Å²) >= 11 is 10.8. The molecular formula is C7Br4F4. The number of hydrogen-bond donors (Lipinski definition) is 0. The van der Waals surface area contributed by atoms with Crippen LogP contribution in [0.2, 0.25) is 0 Å². The molecule has 0 N–H and O–H groups in total. The number of halogens is 8. The van der Waals surface area contributed by atoms with E-state index in [-0.39, 0.29) is 0 Å². The van der Waals surface area contributed by atoms with Gasteiger partial charge in [-0.05, 0) is 15.9 Å². The molecule has 0 spiro atoms. The van der Waals surface area contributed by atoms with Crippen molar-refractivity contribution in [1.29, 1.82) is 0 Å².